The molecule has 0 saturated carbocycles. The Morgan fingerprint density at radius 2 is 1.86 bits per heavy atom. The molecule has 14 heavy (non-hydrogen) atoms. The molecule has 0 fully saturated rings. The highest BCUT2D eigenvalue weighted by Crippen LogP contribution is 2.19. The Morgan fingerprint density at radius 3 is 2.29 bits per heavy atom. The van der Waals surface area contributed by atoms with Crippen LogP contribution in [-0.2, 0) is 4.79 Å². The minimum absolute atomic E-state index is 0.671. The van der Waals surface area contributed by atoms with E-state index in [4.69, 9.17) is 0 Å². The number of aryl methyl sites for hydroxylation is 2. The summed E-state index contributed by atoms with van der Waals surface area (Å²) in [4.78, 5) is 10.6. The molecule has 0 spiro atoms. The van der Waals surface area contributed by atoms with E-state index in [1.54, 1.807) is 6.92 Å². The summed E-state index contributed by atoms with van der Waals surface area (Å²) in [5.41, 5.74) is 2.96. The summed E-state index contributed by atoms with van der Waals surface area (Å²) in [6.45, 7) is 5.45. The molecule has 1 unspecified atom stereocenters. The van der Waals surface area contributed by atoms with Crippen LogP contribution in [0.4, 0.5) is 5.69 Å². The van der Waals surface area contributed by atoms with Gasteiger partial charge in [-0.3, -0.25) is 0 Å². The summed E-state index contributed by atoms with van der Waals surface area (Å²) in [5, 5.41) is 13.5. The third-order valence-electron chi connectivity index (χ3n) is 2.20. The summed E-state index contributed by atoms with van der Waals surface area (Å²) in [7, 11) is 0. The van der Waals surface area contributed by atoms with E-state index in [-0.39, 0.29) is 0 Å². The fourth-order valence-corrected chi connectivity index (χ4v) is 1.32. The van der Waals surface area contributed by atoms with Crippen LogP contribution in [0.3, 0.4) is 0 Å². The van der Waals surface area contributed by atoms with Crippen LogP contribution < -0.4 is 10.4 Å². The zero-order chi connectivity index (χ0) is 10.7. The lowest BCUT2D eigenvalue weighted by Crippen LogP contribution is -2.38. The Bertz CT molecular complexity index is 327. The van der Waals surface area contributed by atoms with Gasteiger partial charge in [0.1, 0.15) is 0 Å². The van der Waals surface area contributed by atoms with Gasteiger partial charge in [0, 0.05) is 5.69 Å². The van der Waals surface area contributed by atoms with Gasteiger partial charge in [-0.2, -0.15) is 0 Å². The first kappa shape index (κ1) is 10.6. The summed E-state index contributed by atoms with van der Waals surface area (Å²) in [5.74, 6) is -1.09. The quantitative estimate of drug-likeness (QED) is 0.772. The van der Waals surface area contributed by atoms with Crippen LogP contribution in [0.25, 0.3) is 0 Å². The molecular formula is C11H14NO2-. The van der Waals surface area contributed by atoms with Crippen molar-refractivity contribution in [1.29, 1.82) is 0 Å². The third-order valence-corrected chi connectivity index (χ3v) is 2.20. The maximum absolute atomic E-state index is 10.6. The van der Waals surface area contributed by atoms with Crippen molar-refractivity contribution in [2.75, 3.05) is 5.32 Å². The van der Waals surface area contributed by atoms with E-state index in [9.17, 15) is 9.90 Å². The predicted molar refractivity (Wildman–Crippen MR) is 54.0 cm³/mol. The zero-order valence-corrected chi connectivity index (χ0v) is 8.63. The molecule has 0 amide bonds. The van der Waals surface area contributed by atoms with E-state index in [1.165, 1.54) is 0 Å². The molecule has 1 N–H and O–H groups in total. The zero-order valence-electron chi connectivity index (χ0n) is 8.63. The first-order valence-electron chi connectivity index (χ1n) is 4.56. The first-order valence-corrected chi connectivity index (χ1v) is 4.56. The van der Waals surface area contributed by atoms with E-state index < -0.39 is 12.0 Å². The summed E-state index contributed by atoms with van der Waals surface area (Å²) in [6.07, 6.45) is 0. The van der Waals surface area contributed by atoms with Crippen LogP contribution in [0.2, 0.25) is 0 Å². The minimum Gasteiger partial charge on any atom is -0.548 e. The summed E-state index contributed by atoms with van der Waals surface area (Å²) >= 11 is 0. The van der Waals surface area contributed by atoms with Crippen LogP contribution in [0.5, 0.6) is 0 Å². The molecule has 1 atom stereocenters. The molecular weight excluding hydrogens is 178 g/mol. The van der Waals surface area contributed by atoms with Crippen molar-refractivity contribution in [3.05, 3.63) is 29.3 Å². The van der Waals surface area contributed by atoms with E-state index in [1.807, 2.05) is 32.0 Å². The number of anilines is 1. The molecule has 0 heterocycles. The van der Waals surface area contributed by atoms with Gasteiger partial charge >= 0.3 is 0 Å². The molecule has 1 aromatic rings. The van der Waals surface area contributed by atoms with Crippen molar-refractivity contribution in [1.82, 2.24) is 0 Å². The topological polar surface area (TPSA) is 52.2 Å². The predicted octanol–water partition coefficient (Wildman–Crippen LogP) is 0.854. The van der Waals surface area contributed by atoms with Crippen LogP contribution in [0.15, 0.2) is 18.2 Å². The lowest BCUT2D eigenvalue weighted by molar-refractivity contribution is -0.306. The minimum atomic E-state index is -1.09. The van der Waals surface area contributed by atoms with Crippen molar-refractivity contribution in [2.24, 2.45) is 0 Å². The highest BCUT2D eigenvalue weighted by atomic mass is 16.4. The Morgan fingerprint density at radius 1 is 1.36 bits per heavy atom. The number of hydrogen-bond acceptors (Lipinski definition) is 3. The van der Waals surface area contributed by atoms with Gasteiger partial charge in [-0.25, -0.2) is 0 Å². The SMILES string of the molecule is Cc1cccc(C)c1NC(C)C(=O)[O-]. The van der Waals surface area contributed by atoms with E-state index in [0.29, 0.717) is 0 Å². The van der Waals surface area contributed by atoms with Crippen LogP contribution in [0.1, 0.15) is 18.1 Å². The van der Waals surface area contributed by atoms with Crippen LogP contribution >= 0.6 is 0 Å². The standard InChI is InChI=1S/C11H15NO2/c1-7-5-4-6-8(2)10(7)12-9(3)11(13)14/h4-6,9,12H,1-3H3,(H,13,14)/p-1. The van der Waals surface area contributed by atoms with Crippen molar-refractivity contribution < 1.29 is 9.90 Å². The van der Waals surface area contributed by atoms with E-state index in [2.05, 4.69) is 5.32 Å². The maximum atomic E-state index is 10.6. The Labute approximate surface area is 83.8 Å². The number of para-hydroxylation sites is 1. The van der Waals surface area contributed by atoms with E-state index >= 15 is 0 Å². The van der Waals surface area contributed by atoms with Crippen LogP contribution in [0, 0.1) is 13.8 Å². The number of carboxylic acids is 1. The first-order chi connectivity index (χ1) is 6.52. The van der Waals surface area contributed by atoms with Gasteiger partial charge in [0.2, 0.25) is 0 Å². The number of aliphatic carboxylic acids is 1. The second-order valence-corrected chi connectivity index (χ2v) is 3.45. The molecule has 1 aromatic carbocycles. The lowest BCUT2D eigenvalue weighted by atomic mass is 10.1. The monoisotopic (exact) mass is 192 g/mol. The molecule has 3 heteroatoms. The molecule has 1 rings (SSSR count). The van der Waals surface area contributed by atoms with Crippen molar-refractivity contribution in [2.45, 2.75) is 26.8 Å². The summed E-state index contributed by atoms with van der Waals surface area (Å²) in [6, 6.07) is 5.16. The second-order valence-electron chi connectivity index (χ2n) is 3.45. The average molecular weight is 192 g/mol. The molecule has 0 radical (unpaired) electrons. The highest BCUT2D eigenvalue weighted by molar-refractivity contribution is 5.76. The molecule has 0 saturated heterocycles. The van der Waals surface area contributed by atoms with Gasteiger partial charge in [0.05, 0.1) is 12.0 Å². The van der Waals surface area contributed by atoms with Gasteiger partial charge < -0.3 is 15.2 Å². The molecule has 3 nitrogen and oxygen atoms in total. The molecule has 0 aliphatic heterocycles. The average Bonchev–Trinajstić information content (AvgIpc) is 2.11. The molecule has 0 aromatic heterocycles. The van der Waals surface area contributed by atoms with Gasteiger partial charge in [0.15, 0.2) is 0 Å². The van der Waals surface area contributed by atoms with E-state index in [0.717, 1.165) is 16.8 Å². The number of benzene rings is 1. The molecule has 0 aliphatic carbocycles. The number of hydrogen-bond donors (Lipinski definition) is 1. The number of carbonyl (C=O) groups is 1. The smallest absolute Gasteiger partial charge is 0.0634 e. The van der Waals surface area contributed by atoms with Crippen molar-refractivity contribution >= 4 is 11.7 Å². The fraction of sp³-hybridized carbons (Fsp3) is 0.364. The number of nitrogens with one attached hydrogen (secondary N) is 1. The third kappa shape index (κ3) is 2.25. The lowest BCUT2D eigenvalue weighted by Gasteiger charge is -2.19. The van der Waals surface area contributed by atoms with Gasteiger partial charge in [-0.05, 0) is 31.9 Å². The molecule has 0 aliphatic rings. The van der Waals surface area contributed by atoms with Crippen molar-refractivity contribution in [3.8, 4) is 0 Å². The van der Waals surface area contributed by atoms with Crippen LogP contribution in [-0.4, -0.2) is 12.0 Å². The highest BCUT2D eigenvalue weighted by Gasteiger charge is 2.06. The van der Waals surface area contributed by atoms with Gasteiger partial charge in [0.25, 0.3) is 0 Å². The Kier molecular flexibility index (Phi) is 3.12. The summed E-state index contributed by atoms with van der Waals surface area (Å²) < 4.78 is 0. The Balaban J connectivity index is 2.91. The number of carbonyl (C=O) groups excluding carboxylic acids is 1. The van der Waals surface area contributed by atoms with Gasteiger partial charge in [-0.15, -0.1) is 0 Å². The van der Waals surface area contributed by atoms with Crippen molar-refractivity contribution in [3.63, 3.8) is 0 Å². The molecule has 76 valence electrons. The van der Waals surface area contributed by atoms with Gasteiger partial charge in [-0.1, -0.05) is 18.2 Å². The molecule has 0 bridgehead atoms. The number of rotatable bonds is 3. The fourth-order valence-electron chi connectivity index (χ4n) is 1.32. The Hall–Kier alpha value is -1.51. The second kappa shape index (κ2) is 4.13. The normalized spacial score (nSPS) is 12.2. The largest absolute Gasteiger partial charge is 0.548 e. The maximum Gasteiger partial charge on any atom is 0.0634 e. The number of carboxylic acid groups (broad SMARTS) is 1.